The molecule has 1 amide bonds. The lowest BCUT2D eigenvalue weighted by atomic mass is 10.1. The lowest BCUT2D eigenvalue weighted by molar-refractivity contribution is 0.0698. The summed E-state index contributed by atoms with van der Waals surface area (Å²) < 4.78 is 53.0. The van der Waals surface area contributed by atoms with Gasteiger partial charge in [-0.25, -0.2) is 17.2 Å². The van der Waals surface area contributed by atoms with Gasteiger partial charge in [-0.05, 0) is 49.4 Å². The van der Waals surface area contributed by atoms with Gasteiger partial charge in [-0.1, -0.05) is 0 Å². The number of carbonyl (C=O) groups is 1. The Morgan fingerprint density at radius 1 is 1.00 bits per heavy atom. The number of sulfonamides is 1. The summed E-state index contributed by atoms with van der Waals surface area (Å²) in [6.07, 6.45) is 0. The van der Waals surface area contributed by atoms with Crippen molar-refractivity contribution in [2.75, 3.05) is 44.7 Å². The summed E-state index contributed by atoms with van der Waals surface area (Å²) in [5.74, 6) is -2.48. The summed E-state index contributed by atoms with van der Waals surface area (Å²) >= 11 is 0. The minimum absolute atomic E-state index is 0.0870. The second-order valence-electron chi connectivity index (χ2n) is 6.83. The van der Waals surface area contributed by atoms with Gasteiger partial charge in [-0.2, -0.15) is 4.31 Å². The number of benzene rings is 2. The van der Waals surface area contributed by atoms with E-state index in [-0.39, 0.29) is 37.0 Å². The Labute approximate surface area is 169 Å². The van der Waals surface area contributed by atoms with Gasteiger partial charge in [0.05, 0.1) is 4.90 Å². The Bertz CT molecular complexity index is 989. The van der Waals surface area contributed by atoms with Crippen molar-refractivity contribution in [2.45, 2.75) is 11.8 Å². The molecule has 3 rings (SSSR count). The van der Waals surface area contributed by atoms with Crippen LogP contribution < -0.4 is 4.90 Å². The van der Waals surface area contributed by atoms with Crippen molar-refractivity contribution in [2.24, 2.45) is 0 Å². The summed E-state index contributed by atoms with van der Waals surface area (Å²) in [6.45, 7) is 3.50. The molecule has 0 saturated carbocycles. The van der Waals surface area contributed by atoms with Gasteiger partial charge in [0, 0.05) is 51.0 Å². The van der Waals surface area contributed by atoms with Crippen LogP contribution in [0.15, 0.2) is 47.4 Å². The van der Waals surface area contributed by atoms with Crippen LogP contribution >= 0.6 is 0 Å². The van der Waals surface area contributed by atoms with Crippen molar-refractivity contribution >= 4 is 21.6 Å². The number of hydrogen-bond acceptors (Lipinski definition) is 4. The summed E-state index contributed by atoms with van der Waals surface area (Å²) in [4.78, 5) is 16.1. The van der Waals surface area contributed by atoms with Gasteiger partial charge in [0.15, 0.2) is 11.6 Å². The summed E-state index contributed by atoms with van der Waals surface area (Å²) in [5.41, 5.74) is 1.54. The molecule has 0 radical (unpaired) electrons. The first-order chi connectivity index (χ1) is 13.7. The number of piperazine rings is 1. The van der Waals surface area contributed by atoms with E-state index in [4.69, 9.17) is 0 Å². The van der Waals surface area contributed by atoms with Gasteiger partial charge in [-0.3, -0.25) is 4.79 Å². The van der Waals surface area contributed by atoms with Crippen LogP contribution in [0.4, 0.5) is 14.5 Å². The smallest absolute Gasteiger partial charge is 0.253 e. The fourth-order valence-corrected chi connectivity index (χ4v) is 4.58. The number of rotatable bonds is 5. The maximum Gasteiger partial charge on any atom is 0.253 e. The Morgan fingerprint density at radius 3 is 2.17 bits per heavy atom. The van der Waals surface area contributed by atoms with E-state index in [1.807, 2.05) is 26.1 Å². The predicted octanol–water partition coefficient (Wildman–Crippen LogP) is 2.57. The first kappa shape index (κ1) is 21.2. The van der Waals surface area contributed by atoms with Gasteiger partial charge < -0.3 is 9.80 Å². The highest BCUT2D eigenvalue weighted by atomic mass is 32.2. The van der Waals surface area contributed by atoms with Crippen molar-refractivity contribution in [3.8, 4) is 0 Å². The van der Waals surface area contributed by atoms with Crippen molar-refractivity contribution in [3.05, 3.63) is 59.7 Å². The Kier molecular flexibility index (Phi) is 6.18. The van der Waals surface area contributed by atoms with E-state index in [2.05, 4.69) is 4.90 Å². The first-order valence-electron chi connectivity index (χ1n) is 9.29. The topological polar surface area (TPSA) is 60.9 Å². The second kappa shape index (κ2) is 8.46. The average Bonchev–Trinajstić information content (AvgIpc) is 2.74. The fourth-order valence-electron chi connectivity index (χ4n) is 3.14. The molecule has 1 aliphatic heterocycles. The molecule has 2 aromatic carbocycles. The van der Waals surface area contributed by atoms with Crippen molar-refractivity contribution in [1.82, 2.24) is 9.21 Å². The minimum atomic E-state index is -3.95. The fraction of sp³-hybridized carbons (Fsp3) is 0.350. The zero-order chi connectivity index (χ0) is 21.2. The molecule has 0 N–H and O–H groups in total. The highest BCUT2D eigenvalue weighted by Gasteiger charge is 2.31. The molecule has 2 aromatic rings. The maximum absolute atomic E-state index is 13.4. The average molecular weight is 423 g/mol. The van der Waals surface area contributed by atoms with Crippen LogP contribution in [0.2, 0.25) is 0 Å². The lowest BCUT2D eigenvalue weighted by Gasteiger charge is -2.34. The van der Waals surface area contributed by atoms with E-state index >= 15 is 0 Å². The molecular weight excluding hydrogens is 400 g/mol. The highest BCUT2D eigenvalue weighted by molar-refractivity contribution is 7.89. The molecule has 29 heavy (non-hydrogen) atoms. The normalized spacial score (nSPS) is 15.4. The van der Waals surface area contributed by atoms with Gasteiger partial charge in [-0.15, -0.1) is 0 Å². The molecule has 0 spiro atoms. The Morgan fingerprint density at radius 2 is 1.62 bits per heavy atom. The molecule has 6 nitrogen and oxygen atoms in total. The Hall–Kier alpha value is -2.52. The SMILES string of the molecule is CCN(C)c1ccc(C(=O)N2CCN(S(=O)(=O)c3ccc(F)c(F)c3)CC2)cc1. The van der Waals surface area contributed by atoms with E-state index in [1.54, 1.807) is 17.0 Å². The number of carbonyl (C=O) groups excluding carboxylic acids is 1. The third-order valence-corrected chi connectivity index (χ3v) is 6.98. The van der Waals surface area contributed by atoms with Crippen molar-refractivity contribution < 1.29 is 22.0 Å². The zero-order valence-electron chi connectivity index (χ0n) is 16.3. The molecule has 0 bridgehead atoms. The highest BCUT2D eigenvalue weighted by Crippen LogP contribution is 2.21. The van der Waals surface area contributed by atoms with Crippen LogP contribution in [0.1, 0.15) is 17.3 Å². The molecule has 156 valence electrons. The van der Waals surface area contributed by atoms with E-state index in [0.29, 0.717) is 11.6 Å². The van der Waals surface area contributed by atoms with Crippen LogP contribution in [0.5, 0.6) is 0 Å². The van der Waals surface area contributed by atoms with E-state index in [1.165, 1.54) is 4.31 Å². The number of halogens is 2. The van der Waals surface area contributed by atoms with Gasteiger partial charge in [0.2, 0.25) is 10.0 Å². The maximum atomic E-state index is 13.4. The van der Waals surface area contributed by atoms with Gasteiger partial charge >= 0.3 is 0 Å². The van der Waals surface area contributed by atoms with Crippen LogP contribution in [0.25, 0.3) is 0 Å². The molecule has 0 aliphatic carbocycles. The zero-order valence-corrected chi connectivity index (χ0v) is 17.1. The van der Waals surface area contributed by atoms with Crippen molar-refractivity contribution in [1.29, 1.82) is 0 Å². The predicted molar refractivity (Wildman–Crippen MR) is 106 cm³/mol. The first-order valence-corrected chi connectivity index (χ1v) is 10.7. The molecule has 0 unspecified atom stereocenters. The van der Waals surface area contributed by atoms with E-state index in [0.717, 1.165) is 24.4 Å². The summed E-state index contributed by atoms with van der Waals surface area (Å²) in [6, 6.07) is 9.78. The van der Waals surface area contributed by atoms with Gasteiger partial charge in [0.1, 0.15) is 0 Å². The molecule has 1 fully saturated rings. The van der Waals surface area contributed by atoms with E-state index < -0.39 is 21.7 Å². The largest absolute Gasteiger partial charge is 0.375 e. The quantitative estimate of drug-likeness (QED) is 0.742. The van der Waals surface area contributed by atoms with Gasteiger partial charge in [0.25, 0.3) is 5.91 Å². The number of anilines is 1. The van der Waals surface area contributed by atoms with E-state index in [9.17, 15) is 22.0 Å². The lowest BCUT2D eigenvalue weighted by Crippen LogP contribution is -2.50. The summed E-state index contributed by atoms with van der Waals surface area (Å²) in [5, 5.41) is 0. The number of nitrogens with zero attached hydrogens (tertiary/aromatic N) is 3. The number of amides is 1. The standard InChI is InChI=1S/C20H23F2N3O3S/c1-3-23(2)16-6-4-15(5-7-16)20(26)24-10-12-25(13-11-24)29(27,28)17-8-9-18(21)19(22)14-17/h4-9,14H,3,10-13H2,1-2H3. The third kappa shape index (κ3) is 4.40. The minimum Gasteiger partial charge on any atom is -0.375 e. The summed E-state index contributed by atoms with van der Waals surface area (Å²) in [7, 11) is -1.99. The Balaban J connectivity index is 1.66. The number of hydrogen-bond donors (Lipinski definition) is 0. The molecule has 1 saturated heterocycles. The molecule has 1 heterocycles. The third-order valence-electron chi connectivity index (χ3n) is 5.08. The molecular formula is C20H23F2N3O3S. The second-order valence-corrected chi connectivity index (χ2v) is 8.77. The van der Waals surface area contributed by atoms with Crippen LogP contribution in [-0.4, -0.2) is 63.3 Å². The molecule has 0 atom stereocenters. The van der Waals surface area contributed by atoms with Crippen LogP contribution in [-0.2, 0) is 10.0 Å². The molecule has 9 heteroatoms. The van der Waals surface area contributed by atoms with Crippen LogP contribution in [0.3, 0.4) is 0 Å². The van der Waals surface area contributed by atoms with Crippen LogP contribution in [0, 0.1) is 11.6 Å². The molecule has 0 aromatic heterocycles. The molecule has 1 aliphatic rings. The monoisotopic (exact) mass is 423 g/mol. The van der Waals surface area contributed by atoms with Crippen molar-refractivity contribution in [3.63, 3.8) is 0 Å².